The summed E-state index contributed by atoms with van der Waals surface area (Å²) < 4.78 is 12.9. The predicted molar refractivity (Wildman–Crippen MR) is 98.5 cm³/mol. The molecule has 2 aliphatic heterocycles. The third kappa shape index (κ3) is 2.72. The Balaban J connectivity index is 1.86. The molecule has 0 spiro atoms. The molecule has 0 N–H and O–H groups in total. The monoisotopic (exact) mass is 361 g/mol. The summed E-state index contributed by atoms with van der Waals surface area (Å²) in [5.41, 5.74) is 0. The third-order valence-corrected chi connectivity index (χ3v) is 11.3. The maximum Gasteiger partial charge on any atom is 0.355 e. The maximum atomic E-state index is 12.8. The molecule has 4 nitrogen and oxygen atoms in total. The van der Waals surface area contributed by atoms with E-state index in [-0.39, 0.29) is 28.1 Å². The first-order valence-corrected chi connectivity index (χ1v) is 11.7. The second-order valence-corrected chi connectivity index (χ2v) is 13.5. The van der Waals surface area contributed by atoms with Gasteiger partial charge < -0.3 is 14.0 Å². The van der Waals surface area contributed by atoms with Gasteiger partial charge in [-0.3, -0.25) is 4.79 Å². The molecule has 24 heavy (non-hydrogen) atoms. The Bertz CT molecular complexity index is 704. The van der Waals surface area contributed by atoms with Crippen molar-refractivity contribution < 1.29 is 14.3 Å². The van der Waals surface area contributed by atoms with Gasteiger partial charge in [-0.1, -0.05) is 57.5 Å². The Morgan fingerprint density at radius 3 is 2.21 bits per heavy atom. The number of carbonyl (C=O) groups is 1. The minimum absolute atomic E-state index is 0.0493. The first-order chi connectivity index (χ1) is 11.1. The minimum Gasteiger partial charge on any atom is -0.435 e. The third-order valence-electron chi connectivity index (χ3n) is 5.63. The zero-order valence-electron chi connectivity index (χ0n) is 14.8. The molecule has 0 unspecified atom stereocenters. The maximum absolute atomic E-state index is 12.8. The molecule has 0 saturated carbocycles. The van der Waals surface area contributed by atoms with Crippen molar-refractivity contribution in [3.05, 3.63) is 0 Å². The Kier molecular flexibility index (Phi) is 4.18. The zero-order chi connectivity index (χ0) is 17.7. The average molecular weight is 362 g/mol. The van der Waals surface area contributed by atoms with E-state index in [9.17, 15) is 4.79 Å². The second-order valence-electron chi connectivity index (χ2n) is 8.07. The topological polar surface area (TPSA) is 38.8 Å². The first kappa shape index (κ1) is 17.3. The van der Waals surface area contributed by atoms with Crippen molar-refractivity contribution in [1.29, 1.82) is 0 Å². The summed E-state index contributed by atoms with van der Waals surface area (Å²) in [4.78, 5) is 12.8. The number of ether oxygens (including phenoxy) is 2. The largest absolute Gasteiger partial charge is 0.435 e. The number of rotatable bonds is 1. The standard InChI is InChI=1S/C18H23NO3SSi/c1-18(2,3)24(4,5)19-13-9-7-11-15-14(21-17(23)22-15)10-6-8-12(13)16(19)20/h12-15H,8-9H2,1-5H3/t12-,13-,14-,15+/m0/s1. The van der Waals surface area contributed by atoms with Crippen LogP contribution in [0.1, 0.15) is 33.6 Å². The van der Waals surface area contributed by atoms with E-state index < -0.39 is 20.4 Å². The van der Waals surface area contributed by atoms with Crippen molar-refractivity contribution in [2.75, 3.05) is 0 Å². The summed E-state index contributed by atoms with van der Waals surface area (Å²) in [6.45, 7) is 11.2. The number of β-lactam (4-membered cyclic amide) rings is 1. The highest BCUT2D eigenvalue weighted by molar-refractivity contribution is 7.79. The van der Waals surface area contributed by atoms with E-state index in [1.807, 2.05) is 0 Å². The van der Waals surface area contributed by atoms with Crippen LogP contribution in [-0.2, 0) is 14.3 Å². The van der Waals surface area contributed by atoms with Crippen molar-refractivity contribution in [1.82, 2.24) is 4.57 Å². The number of thiocarbonyl (C=S) groups is 1. The molecule has 0 aromatic rings. The average Bonchev–Trinajstić information content (AvgIpc) is 2.81. The van der Waals surface area contributed by atoms with Crippen LogP contribution in [0.15, 0.2) is 0 Å². The normalized spacial score (nSPS) is 32.0. The van der Waals surface area contributed by atoms with Crippen LogP contribution in [0.2, 0.25) is 18.1 Å². The van der Waals surface area contributed by atoms with Gasteiger partial charge in [0.1, 0.15) is 0 Å². The molecule has 3 rings (SSSR count). The van der Waals surface area contributed by atoms with Crippen LogP contribution in [0.3, 0.4) is 0 Å². The summed E-state index contributed by atoms with van der Waals surface area (Å²) in [6, 6.07) is 0.158. The molecule has 128 valence electrons. The fourth-order valence-corrected chi connectivity index (χ4v) is 5.96. The van der Waals surface area contributed by atoms with Gasteiger partial charge in [0.15, 0.2) is 8.24 Å². The Hall–Kier alpha value is -1.50. The van der Waals surface area contributed by atoms with Crippen molar-refractivity contribution in [3.8, 4) is 23.7 Å². The van der Waals surface area contributed by atoms with E-state index in [2.05, 4.69) is 62.1 Å². The molecule has 4 atom stereocenters. The molecular weight excluding hydrogens is 338 g/mol. The van der Waals surface area contributed by atoms with E-state index in [1.165, 1.54) is 0 Å². The van der Waals surface area contributed by atoms with Crippen LogP contribution in [0.4, 0.5) is 0 Å². The highest BCUT2D eigenvalue weighted by Gasteiger charge is 2.56. The van der Waals surface area contributed by atoms with Crippen molar-refractivity contribution in [2.24, 2.45) is 5.92 Å². The lowest BCUT2D eigenvalue weighted by Crippen LogP contribution is -2.72. The summed E-state index contributed by atoms with van der Waals surface area (Å²) in [6.07, 6.45) is 0.353. The van der Waals surface area contributed by atoms with Crippen LogP contribution in [0.5, 0.6) is 0 Å². The van der Waals surface area contributed by atoms with Crippen LogP contribution < -0.4 is 0 Å². The molecule has 3 aliphatic rings. The Morgan fingerprint density at radius 1 is 1.12 bits per heavy atom. The van der Waals surface area contributed by atoms with Gasteiger partial charge in [0, 0.05) is 31.1 Å². The lowest BCUT2D eigenvalue weighted by molar-refractivity contribution is -0.147. The van der Waals surface area contributed by atoms with Crippen LogP contribution in [-0.4, -0.2) is 42.2 Å². The molecule has 0 radical (unpaired) electrons. The molecule has 2 heterocycles. The number of hydrogen-bond donors (Lipinski definition) is 0. The summed E-state index contributed by atoms with van der Waals surface area (Å²) in [5, 5.41) is 0.219. The van der Waals surface area contributed by atoms with Gasteiger partial charge in [0.05, 0.1) is 5.92 Å². The van der Waals surface area contributed by atoms with Gasteiger partial charge in [-0.15, -0.1) is 0 Å². The summed E-state index contributed by atoms with van der Waals surface area (Å²) in [7, 11) is -1.91. The first-order valence-electron chi connectivity index (χ1n) is 8.30. The van der Waals surface area contributed by atoms with Crippen LogP contribution in [0, 0.1) is 29.6 Å². The molecule has 2 fully saturated rings. The van der Waals surface area contributed by atoms with Gasteiger partial charge in [-0.05, 0) is 5.04 Å². The lowest BCUT2D eigenvalue weighted by Gasteiger charge is -2.58. The smallest absolute Gasteiger partial charge is 0.355 e. The van der Waals surface area contributed by atoms with E-state index >= 15 is 0 Å². The molecule has 0 bridgehead atoms. The van der Waals surface area contributed by atoms with Gasteiger partial charge in [-0.2, -0.15) is 0 Å². The van der Waals surface area contributed by atoms with Crippen molar-refractivity contribution in [2.45, 2.75) is 70.0 Å². The number of fused-ring (bicyclic) bond motifs is 2. The molecule has 1 aliphatic carbocycles. The quantitative estimate of drug-likeness (QED) is 0.312. The minimum atomic E-state index is -1.91. The fraction of sp³-hybridized carbons (Fsp3) is 0.667. The SMILES string of the molecule is CC(C)(C)[Si](C)(C)N1C(=O)[C@H]2CC#C[C@@H]3OC(=S)O[C@@H]3C#CC[C@@H]21. The van der Waals surface area contributed by atoms with Gasteiger partial charge >= 0.3 is 5.24 Å². The number of carbonyl (C=O) groups excluding carboxylic acids is 1. The number of hydrogen-bond acceptors (Lipinski definition) is 4. The zero-order valence-corrected chi connectivity index (χ0v) is 16.6. The van der Waals surface area contributed by atoms with Crippen LogP contribution in [0.25, 0.3) is 0 Å². The molecule has 6 heteroatoms. The van der Waals surface area contributed by atoms with E-state index in [0.29, 0.717) is 12.8 Å². The molecule has 0 aromatic heterocycles. The Morgan fingerprint density at radius 2 is 1.67 bits per heavy atom. The van der Waals surface area contributed by atoms with Crippen LogP contribution >= 0.6 is 12.2 Å². The van der Waals surface area contributed by atoms with E-state index in [0.717, 1.165) is 0 Å². The molecule has 0 aromatic carbocycles. The van der Waals surface area contributed by atoms with Crippen molar-refractivity contribution >= 4 is 31.6 Å². The lowest BCUT2D eigenvalue weighted by atomic mass is 9.85. The molecule has 2 saturated heterocycles. The highest BCUT2D eigenvalue weighted by atomic mass is 32.1. The summed E-state index contributed by atoms with van der Waals surface area (Å²) >= 11 is 4.94. The Labute approximate surface area is 150 Å². The van der Waals surface area contributed by atoms with Crippen molar-refractivity contribution in [3.63, 3.8) is 0 Å². The van der Waals surface area contributed by atoms with Gasteiger partial charge in [0.2, 0.25) is 18.1 Å². The van der Waals surface area contributed by atoms with Gasteiger partial charge in [0.25, 0.3) is 0 Å². The van der Waals surface area contributed by atoms with E-state index in [4.69, 9.17) is 21.7 Å². The van der Waals surface area contributed by atoms with Gasteiger partial charge in [-0.25, -0.2) is 0 Å². The number of nitrogens with zero attached hydrogens (tertiary/aromatic N) is 1. The summed E-state index contributed by atoms with van der Waals surface area (Å²) in [5.74, 6) is 12.6. The van der Waals surface area contributed by atoms with E-state index in [1.54, 1.807) is 0 Å². The fourth-order valence-electron chi connectivity index (χ4n) is 3.22. The molecule has 1 amide bonds. The highest BCUT2D eigenvalue weighted by Crippen LogP contribution is 2.46. The second kappa shape index (κ2) is 5.79. The number of amides is 1. The predicted octanol–water partition coefficient (Wildman–Crippen LogP) is 2.69. The molecular formula is C18H23NO3SSi.